The number of hydrogen-bond acceptors (Lipinski definition) is 4. The second-order valence-electron chi connectivity index (χ2n) is 7.02. The molecule has 0 radical (unpaired) electrons. The van der Waals surface area contributed by atoms with Crippen molar-refractivity contribution in [3.63, 3.8) is 0 Å². The lowest BCUT2D eigenvalue weighted by Gasteiger charge is -2.22. The molecule has 0 aliphatic carbocycles. The molecule has 0 saturated carbocycles. The van der Waals surface area contributed by atoms with Gasteiger partial charge in [0.2, 0.25) is 0 Å². The summed E-state index contributed by atoms with van der Waals surface area (Å²) in [4.78, 5) is 23.4. The van der Waals surface area contributed by atoms with E-state index < -0.39 is 18.0 Å². The van der Waals surface area contributed by atoms with Crippen molar-refractivity contribution in [2.24, 2.45) is 11.8 Å². The molecule has 0 spiro atoms. The molecule has 0 aliphatic rings. The van der Waals surface area contributed by atoms with Gasteiger partial charge in [-0.25, -0.2) is 0 Å². The molecule has 0 heterocycles. The number of nitrogens with one attached hydrogen (secondary N) is 1. The van der Waals surface area contributed by atoms with Crippen LogP contribution in [0.1, 0.15) is 85.5 Å². The Hall–Kier alpha value is -1.10. The number of carbonyl (C=O) groups excluding carboxylic acids is 1. The first-order valence-electron chi connectivity index (χ1n) is 10.1. The maximum atomic E-state index is 12.3. The lowest BCUT2D eigenvalue weighted by molar-refractivity contribution is -0.151. The first kappa shape index (κ1) is 23.9. The third kappa shape index (κ3) is 12.0. The molecular formula is C20H39NO4. The van der Waals surface area contributed by atoms with Gasteiger partial charge in [-0.2, -0.15) is 0 Å². The van der Waals surface area contributed by atoms with E-state index in [1.807, 2.05) is 0 Å². The predicted octanol–water partition coefficient (Wildman–Crippen LogP) is 4.40. The SMILES string of the molecule is CCCCC(CC)CN[C@@H](CC(=O)O)C(=O)OCC(CC)CCCC. The molecule has 0 fully saturated rings. The lowest BCUT2D eigenvalue weighted by Crippen LogP contribution is -2.42. The predicted molar refractivity (Wildman–Crippen MR) is 102 cm³/mol. The number of carboxylic acids is 1. The van der Waals surface area contributed by atoms with E-state index in [2.05, 4.69) is 33.0 Å². The van der Waals surface area contributed by atoms with Crippen molar-refractivity contribution in [1.29, 1.82) is 0 Å². The van der Waals surface area contributed by atoms with Gasteiger partial charge in [-0.05, 0) is 31.2 Å². The highest BCUT2D eigenvalue weighted by molar-refractivity contribution is 5.81. The van der Waals surface area contributed by atoms with Crippen molar-refractivity contribution in [2.75, 3.05) is 13.2 Å². The summed E-state index contributed by atoms with van der Waals surface area (Å²) in [5.74, 6) is -0.573. The number of hydrogen-bond donors (Lipinski definition) is 2. The topological polar surface area (TPSA) is 75.6 Å². The Kier molecular flexibility index (Phi) is 14.5. The van der Waals surface area contributed by atoms with Crippen LogP contribution in [-0.2, 0) is 14.3 Å². The van der Waals surface area contributed by atoms with E-state index >= 15 is 0 Å². The van der Waals surface area contributed by atoms with Crippen molar-refractivity contribution in [3.05, 3.63) is 0 Å². The summed E-state index contributed by atoms with van der Waals surface area (Å²) in [6.45, 7) is 9.59. The molecule has 0 amide bonds. The first-order chi connectivity index (χ1) is 12.0. The summed E-state index contributed by atoms with van der Waals surface area (Å²) in [6, 6.07) is -0.753. The van der Waals surface area contributed by atoms with Gasteiger partial charge in [0.1, 0.15) is 6.04 Å². The summed E-state index contributed by atoms with van der Waals surface area (Å²) in [5.41, 5.74) is 0. The zero-order valence-electron chi connectivity index (χ0n) is 16.7. The number of aliphatic carboxylic acids is 1. The minimum atomic E-state index is -0.978. The van der Waals surface area contributed by atoms with Crippen molar-refractivity contribution >= 4 is 11.9 Å². The fraction of sp³-hybridized carbons (Fsp3) is 0.900. The second-order valence-corrected chi connectivity index (χ2v) is 7.02. The van der Waals surface area contributed by atoms with Gasteiger partial charge in [0.15, 0.2) is 0 Å². The standard InChI is InChI=1S/C20H39NO4/c1-5-9-11-16(7-3)14-21-18(13-19(22)23)20(24)25-15-17(8-4)12-10-6-2/h16-18,21H,5-15H2,1-4H3,(H,22,23)/t16?,17?,18-/m0/s1. The third-order valence-corrected chi connectivity index (χ3v) is 4.86. The van der Waals surface area contributed by atoms with Gasteiger partial charge in [0, 0.05) is 0 Å². The molecule has 0 aromatic carbocycles. The number of carboxylic acid groups (broad SMARTS) is 1. The zero-order valence-corrected chi connectivity index (χ0v) is 16.7. The summed E-state index contributed by atoms with van der Waals surface area (Å²) >= 11 is 0. The van der Waals surface area contributed by atoms with E-state index in [4.69, 9.17) is 9.84 Å². The minimum Gasteiger partial charge on any atom is -0.481 e. The Morgan fingerprint density at radius 3 is 2.00 bits per heavy atom. The van der Waals surface area contributed by atoms with E-state index in [9.17, 15) is 9.59 Å². The number of esters is 1. The number of carbonyl (C=O) groups is 2. The van der Waals surface area contributed by atoms with Crippen LogP contribution in [0.2, 0.25) is 0 Å². The molecule has 3 atom stereocenters. The summed E-state index contributed by atoms with van der Waals surface area (Å²) in [5, 5.41) is 12.2. The van der Waals surface area contributed by atoms with Gasteiger partial charge in [0.05, 0.1) is 13.0 Å². The van der Waals surface area contributed by atoms with Crippen molar-refractivity contribution in [2.45, 2.75) is 91.5 Å². The molecule has 5 heteroatoms. The van der Waals surface area contributed by atoms with Gasteiger partial charge < -0.3 is 15.2 Å². The van der Waals surface area contributed by atoms with Crippen LogP contribution in [0.4, 0.5) is 0 Å². The zero-order chi connectivity index (χ0) is 19.1. The second kappa shape index (κ2) is 15.2. The Balaban J connectivity index is 4.51. The molecule has 2 N–H and O–H groups in total. The van der Waals surface area contributed by atoms with E-state index in [1.54, 1.807) is 0 Å². The molecule has 2 unspecified atom stereocenters. The molecular weight excluding hydrogens is 318 g/mol. The van der Waals surface area contributed by atoms with Gasteiger partial charge >= 0.3 is 11.9 Å². The van der Waals surface area contributed by atoms with Gasteiger partial charge in [-0.3, -0.25) is 9.59 Å². The molecule has 0 aliphatic heterocycles. The molecule has 0 rings (SSSR count). The maximum Gasteiger partial charge on any atom is 0.323 e. The smallest absolute Gasteiger partial charge is 0.323 e. The average molecular weight is 358 g/mol. The Bertz CT molecular complexity index is 360. The van der Waals surface area contributed by atoms with Crippen molar-refractivity contribution in [1.82, 2.24) is 5.32 Å². The lowest BCUT2D eigenvalue weighted by atomic mass is 9.99. The summed E-state index contributed by atoms with van der Waals surface area (Å²) < 4.78 is 5.44. The van der Waals surface area contributed by atoms with E-state index in [0.717, 1.165) is 51.4 Å². The molecule has 5 nitrogen and oxygen atoms in total. The van der Waals surface area contributed by atoms with Gasteiger partial charge in [0.25, 0.3) is 0 Å². The maximum absolute atomic E-state index is 12.3. The highest BCUT2D eigenvalue weighted by Crippen LogP contribution is 2.14. The molecule has 25 heavy (non-hydrogen) atoms. The molecule has 0 saturated heterocycles. The van der Waals surface area contributed by atoms with Gasteiger partial charge in [-0.15, -0.1) is 0 Å². The Morgan fingerprint density at radius 2 is 1.52 bits per heavy atom. The fourth-order valence-corrected chi connectivity index (χ4v) is 2.86. The monoisotopic (exact) mass is 357 g/mol. The Morgan fingerprint density at radius 1 is 0.960 bits per heavy atom. The van der Waals surface area contributed by atoms with Crippen LogP contribution in [0.15, 0.2) is 0 Å². The van der Waals surface area contributed by atoms with Crippen LogP contribution < -0.4 is 5.32 Å². The van der Waals surface area contributed by atoms with Crippen molar-refractivity contribution in [3.8, 4) is 0 Å². The van der Waals surface area contributed by atoms with E-state index in [-0.39, 0.29) is 6.42 Å². The number of unbranched alkanes of at least 4 members (excludes halogenated alkanes) is 2. The van der Waals surface area contributed by atoms with Gasteiger partial charge in [-0.1, -0.05) is 66.2 Å². The quantitative estimate of drug-likeness (QED) is 0.401. The highest BCUT2D eigenvalue weighted by atomic mass is 16.5. The fourth-order valence-electron chi connectivity index (χ4n) is 2.86. The number of rotatable bonds is 16. The number of ether oxygens (including phenoxy) is 1. The van der Waals surface area contributed by atoms with Crippen LogP contribution in [0.3, 0.4) is 0 Å². The Labute approximate surface area is 153 Å². The largest absolute Gasteiger partial charge is 0.481 e. The first-order valence-corrected chi connectivity index (χ1v) is 10.1. The van der Waals surface area contributed by atoms with Crippen LogP contribution in [0.25, 0.3) is 0 Å². The highest BCUT2D eigenvalue weighted by Gasteiger charge is 2.24. The molecule has 0 bridgehead atoms. The van der Waals surface area contributed by atoms with Crippen LogP contribution in [-0.4, -0.2) is 36.2 Å². The van der Waals surface area contributed by atoms with Crippen LogP contribution in [0.5, 0.6) is 0 Å². The normalized spacial score (nSPS) is 14.7. The molecule has 0 aromatic rings. The van der Waals surface area contributed by atoms with Crippen molar-refractivity contribution < 1.29 is 19.4 Å². The van der Waals surface area contributed by atoms with Crippen LogP contribution >= 0.6 is 0 Å². The third-order valence-electron chi connectivity index (χ3n) is 4.86. The van der Waals surface area contributed by atoms with E-state index in [0.29, 0.717) is 25.0 Å². The average Bonchev–Trinajstić information content (AvgIpc) is 2.60. The minimum absolute atomic E-state index is 0.227. The van der Waals surface area contributed by atoms with E-state index in [1.165, 1.54) is 0 Å². The summed E-state index contributed by atoms with van der Waals surface area (Å²) in [7, 11) is 0. The van der Waals surface area contributed by atoms with Crippen LogP contribution in [0, 0.1) is 11.8 Å². The summed E-state index contributed by atoms with van der Waals surface area (Å²) in [6.07, 6.45) is 8.48. The molecule has 148 valence electrons. The molecule has 0 aromatic heterocycles.